The van der Waals surface area contributed by atoms with Crippen LogP contribution in [0.4, 0.5) is 0 Å². The van der Waals surface area contributed by atoms with Crippen molar-refractivity contribution in [2.45, 2.75) is 59.6 Å². The van der Waals surface area contributed by atoms with Crippen molar-refractivity contribution in [2.24, 2.45) is 0 Å². The largest absolute Gasteiger partial charge is 0.490 e. The summed E-state index contributed by atoms with van der Waals surface area (Å²) in [6.45, 7) is 12.3. The maximum atomic E-state index is 12.2. The van der Waals surface area contributed by atoms with Crippen LogP contribution in [0, 0.1) is 20.8 Å². The van der Waals surface area contributed by atoms with Gasteiger partial charge in [0.05, 0.1) is 18.6 Å². The van der Waals surface area contributed by atoms with E-state index in [1.165, 1.54) is 17.0 Å². The Labute approximate surface area is 149 Å². The molecule has 0 radical (unpaired) electrons. The van der Waals surface area contributed by atoms with E-state index in [4.69, 9.17) is 4.74 Å². The maximum Gasteiger partial charge on any atom is 0.253 e. The first-order chi connectivity index (χ1) is 11.6. The molecule has 1 aromatic carbocycles. The lowest BCUT2D eigenvalue weighted by atomic mass is 9.92. The monoisotopic (exact) mass is 344 g/mol. The van der Waals surface area contributed by atoms with Crippen molar-refractivity contribution in [3.63, 3.8) is 0 Å². The molecule has 2 aromatic rings. The Bertz CT molecular complexity index is 804. The van der Waals surface area contributed by atoms with E-state index >= 15 is 0 Å². The predicted octanol–water partition coefficient (Wildman–Crippen LogP) is 2.91. The van der Waals surface area contributed by atoms with Gasteiger partial charge >= 0.3 is 0 Å². The normalized spacial score (nSPS) is 12.9. The molecule has 0 aliphatic rings. The topological polar surface area (TPSA) is 64.3 Å². The zero-order chi connectivity index (χ0) is 18.8. The minimum atomic E-state index is -0.792. The Balaban J connectivity index is 2.05. The molecule has 0 fully saturated rings. The van der Waals surface area contributed by atoms with Gasteiger partial charge in [-0.1, -0.05) is 32.9 Å². The van der Waals surface area contributed by atoms with Crippen LogP contribution in [0.25, 0.3) is 0 Å². The van der Waals surface area contributed by atoms with Crippen molar-refractivity contribution in [1.29, 1.82) is 0 Å². The SMILES string of the molecule is Cc1ccc(C)c(OCC(O)Cn2cnc(C(C)(C)C)cc2=O)c1C. The third-order valence-electron chi connectivity index (χ3n) is 4.35. The zero-order valence-corrected chi connectivity index (χ0v) is 16.0. The number of hydrogen-bond acceptors (Lipinski definition) is 4. The molecule has 5 heteroatoms. The van der Waals surface area contributed by atoms with E-state index in [2.05, 4.69) is 11.1 Å². The van der Waals surface area contributed by atoms with Crippen molar-refractivity contribution in [1.82, 2.24) is 9.55 Å². The van der Waals surface area contributed by atoms with E-state index in [9.17, 15) is 9.90 Å². The molecule has 136 valence electrons. The minimum Gasteiger partial charge on any atom is -0.490 e. The number of aryl methyl sites for hydroxylation is 2. The van der Waals surface area contributed by atoms with Crippen LogP contribution in [0.15, 0.2) is 29.3 Å². The van der Waals surface area contributed by atoms with Gasteiger partial charge in [-0.2, -0.15) is 0 Å². The van der Waals surface area contributed by atoms with Crippen molar-refractivity contribution in [3.05, 3.63) is 57.3 Å². The van der Waals surface area contributed by atoms with Crippen LogP contribution in [-0.4, -0.2) is 27.4 Å². The van der Waals surface area contributed by atoms with E-state index in [1.54, 1.807) is 0 Å². The molecular weight excluding hydrogens is 316 g/mol. The summed E-state index contributed by atoms with van der Waals surface area (Å²) in [7, 11) is 0. The second-order valence-electron chi connectivity index (χ2n) is 7.63. The molecule has 0 aliphatic heterocycles. The number of aromatic nitrogens is 2. The van der Waals surface area contributed by atoms with Crippen LogP contribution in [0.5, 0.6) is 5.75 Å². The van der Waals surface area contributed by atoms with Gasteiger partial charge in [0.1, 0.15) is 18.5 Å². The van der Waals surface area contributed by atoms with Gasteiger partial charge in [0.25, 0.3) is 5.56 Å². The molecule has 25 heavy (non-hydrogen) atoms. The van der Waals surface area contributed by atoms with Crippen LogP contribution in [0.3, 0.4) is 0 Å². The highest BCUT2D eigenvalue weighted by atomic mass is 16.5. The molecule has 0 bridgehead atoms. The summed E-state index contributed by atoms with van der Waals surface area (Å²) >= 11 is 0. The van der Waals surface area contributed by atoms with Gasteiger partial charge in [0, 0.05) is 11.5 Å². The molecule has 2 rings (SSSR count). The first kappa shape index (κ1) is 19.2. The molecule has 1 aromatic heterocycles. The Morgan fingerprint density at radius 1 is 1.20 bits per heavy atom. The third-order valence-corrected chi connectivity index (χ3v) is 4.35. The Morgan fingerprint density at radius 3 is 2.44 bits per heavy atom. The van der Waals surface area contributed by atoms with E-state index in [-0.39, 0.29) is 24.1 Å². The molecule has 0 amide bonds. The van der Waals surface area contributed by atoms with Gasteiger partial charge in [-0.05, 0) is 37.5 Å². The van der Waals surface area contributed by atoms with Gasteiger partial charge in [-0.3, -0.25) is 9.36 Å². The smallest absolute Gasteiger partial charge is 0.253 e. The molecule has 1 unspecified atom stereocenters. The lowest BCUT2D eigenvalue weighted by Gasteiger charge is -2.19. The third kappa shape index (κ3) is 4.69. The zero-order valence-electron chi connectivity index (χ0n) is 16.0. The highest BCUT2D eigenvalue weighted by Gasteiger charge is 2.17. The summed E-state index contributed by atoms with van der Waals surface area (Å²) in [6, 6.07) is 5.59. The number of hydrogen-bond donors (Lipinski definition) is 1. The van der Waals surface area contributed by atoms with Crippen molar-refractivity contribution in [3.8, 4) is 5.75 Å². The molecule has 0 saturated carbocycles. The Morgan fingerprint density at radius 2 is 1.84 bits per heavy atom. The van der Waals surface area contributed by atoms with Crippen LogP contribution in [0.2, 0.25) is 0 Å². The number of benzene rings is 1. The highest BCUT2D eigenvalue weighted by molar-refractivity contribution is 5.44. The number of ether oxygens (including phenoxy) is 1. The molecule has 5 nitrogen and oxygen atoms in total. The fraction of sp³-hybridized carbons (Fsp3) is 0.500. The van der Waals surface area contributed by atoms with Gasteiger partial charge in [-0.25, -0.2) is 4.98 Å². The lowest BCUT2D eigenvalue weighted by Crippen LogP contribution is -2.31. The molecule has 0 spiro atoms. The van der Waals surface area contributed by atoms with Crippen LogP contribution < -0.4 is 10.3 Å². The van der Waals surface area contributed by atoms with Crippen LogP contribution >= 0.6 is 0 Å². The lowest BCUT2D eigenvalue weighted by molar-refractivity contribution is 0.0906. The fourth-order valence-electron chi connectivity index (χ4n) is 2.58. The van der Waals surface area contributed by atoms with Gasteiger partial charge in [-0.15, -0.1) is 0 Å². The molecule has 0 saturated heterocycles. The van der Waals surface area contributed by atoms with E-state index < -0.39 is 6.10 Å². The average molecular weight is 344 g/mol. The van der Waals surface area contributed by atoms with Gasteiger partial charge in [0.15, 0.2) is 0 Å². The number of nitrogens with zero attached hydrogens (tertiary/aromatic N) is 2. The van der Waals surface area contributed by atoms with Crippen LogP contribution in [0.1, 0.15) is 43.2 Å². The van der Waals surface area contributed by atoms with Gasteiger partial charge < -0.3 is 9.84 Å². The quantitative estimate of drug-likeness (QED) is 0.906. The van der Waals surface area contributed by atoms with E-state index in [0.717, 1.165) is 28.1 Å². The fourth-order valence-corrected chi connectivity index (χ4v) is 2.58. The Hall–Kier alpha value is -2.14. The first-order valence-electron chi connectivity index (χ1n) is 8.54. The summed E-state index contributed by atoms with van der Waals surface area (Å²) in [5.41, 5.74) is 3.64. The van der Waals surface area contributed by atoms with Crippen molar-refractivity contribution in [2.75, 3.05) is 6.61 Å². The molecule has 0 aliphatic carbocycles. The van der Waals surface area contributed by atoms with Crippen molar-refractivity contribution >= 4 is 0 Å². The van der Waals surface area contributed by atoms with Crippen molar-refractivity contribution < 1.29 is 9.84 Å². The minimum absolute atomic E-state index is 0.124. The summed E-state index contributed by atoms with van der Waals surface area (Å²) in [5, 5.41) is 10.3. The van der Waals surface area contributed by atoms with Crippen LogP contribution in [-0.2, 0) is 12.0 Å². The number of rotatable bonds is 5. The summed E-state index contributed by atoms with van der Waals surface area (Å²) in [6.07, 6.45) is 0.703. The molecule has 1 atom stereocenters. The predicted molar refractivity (Wildman–Crippen MR) is 99.4 cm³/mol. The molecular formula is C20H28N2O3. The molecule has 1 heterocycles. The highest BCUT2D eigenvalue weighted by Crippen LogP contribution is 2.25. The number of aliphatic hydroxyl groups excluding tert-OH is 1. The summed E-state index contributed by atoms with van der Waals surface area (Å²) < 4.78 is 7.23. The van der Waals surface area contributed by atoms with E-state index in [0.29, 0.717) is 0 Å². The second kappa shape index (κ2) is 7.40. The summed E-state index contributed by atoms with van der Waals surface area (Å²) in [5.74, 6) is 0.799. The van der Waals surface area contributed by atoms with E-state index in [1.807, 2.05) is 47.6 Å². The average Bonchev–Trinajstić information content (AvgIpc) is 2.52. The summed E-state index contributed by atoms with van der Waals surface area (Å²) in [4.78, 5) is 16.6. The maximum absolute atomic E-state index is 12.2. The number of aliphatic hydroxyl groups is 1. The Kier molecular flexibility index (Phi) is 5.68. The standard InChI is InChI=1S/C20H28N2O3/c1-13-7-8-14(2)19(15(13)3)25-11-16(23)10-22-12-21-17(9-18(22)24)20(4,5)6/h7-9,12,16,23H,10-11H2,1-6H3. The van der Waals surface area contributed by atoms with Gasteiger partial charge in [0.2, 0.25) is 0 Å². The second-order valence-corrected chi connectivity index (χ2v) is 7.63. The molecule has 1 N–H and O–H groups in total. The first-order valence-corrected chi connectivity index (χ1v) is 8.54.